The van der Waals surface area contributed by atoms with E-state index in [0.29, 0.717) is 32.4 Å². The molecule has 10 heteroatoms. The van der Waals surface area contributed by atoms with Gasteiger partial charge in [0.2, 0.25) is 0 Å². The number of nitrogens with one attached hydrogen (secondary N) is 1. The molecule has 1 saturated heterocycles. The molecule has 0 spiro atoms. The predicted octanol–water partition coefficient (Wildman–Crippen LogP) is 2.55. The number of aromatic nitrogens is 2. The Balaban J connectivity index is 1.92. The molecule has 134 valence electrons. The topological polar surface area (TPSA) is 87.5 Å². The maximum atomic E-state index is 12.9. The summed E-state index contributed by atoms with van der Waals surface area (Å²) in [5.41, 5.74) is -1.50. The first kappa shape index (κ1) is 18.1. The number of nitrogens with zero attached hydrogens (tertiary/aromatic N) is 3. The predicted molar refractivity (Wildman–Crippen MR) is 78.4 cm³/mol. The van der Waals surface area contributed by atoms with Crippen LogP contribution in [0.5, 0.6) is 0 Å². The van der Waals surface area contributed by atoms with E-state index < -0.39 is 23.9 Å². The highest BCUT2D eigenvalue weighted by atomic mass is 19.4. The van der Waals surface area contributed by atoms with E-state index in [9.17, 15) is 22.8 Å². The number of halogens is 3. The van der Waals surface area contributed by atoms with Gasteiger partial charge in [-0.3, -0.25) is 9.48 Å². The number of likely N-dealkylation sites (tertiary alicyclic amines) is 1. The number of anilines is 1. The van der Waals surface area contributed by atoms with Crippen molar-refractivity contribution in [3.63, 3.8) is 0 Å². The standard InChI is InChI=1S/C14H19F3N4O3/c1-20-8-10(12(19-20)14(15,16)17)18-13(24)21-6-4-9(5-7-21)2-3-11(22)23/h8-9H,2-7H2,1H3,(H,18,24)(H,22,23). The molecule has 1 aromatic heterocycles. The second-order valence-corrected chi connectivity index (χ2v) is 5.86. The van der Waals surface area contributed by atoms with Crippen LogP contribution in [0.2, 0.25) is 0 Å². The Bertz CT molecular complexity index is 607. The summed E-state index contributed by atoms with van der Waals surface area (Å²) in [6.07, 6.45) is -1.62. The Morgan fingerprint density at radius 3 is 2.54 bits per heavy atom. The van der Waals surface area contributed by atoms with Gasteiger partial charge in [-0.2, -0.15) is 18.3 Å². The molecule has 2 amide bonds. The van der Waals surface area contributed by atoms with Crippen molar-refractivity contribution >= 4 is 17.7 Å². The molecular weight excluding hydrogens is 329 g/mol. The van der Waals surface area contributed by atoms with Crippen molar-refractivity contribution in [3.05, 3.63) is 11.9 Å². The van der Waals surface area contributed by atoms with Gasteiger partial charge in [-0.05, 0) is 25.2 Å². The lowest BCUT2D eigenvalue weighted by atomic mass is 9.92. The van der Waals surface area contributed by atoms with Crippen LogP contribution < -0.4 is 5.32 Å². The number of aryl methyl sites for hydroxylation is 1. The molecule has 1 fully saturated rings. The molecule has 0 atom stereocenters. The molecule has 2 rings (SSSR count). The highest BCUT2D eigenvalue weighted by Gasteiger charge is 2.38. The van der Waals surface area contributed by atoms with Crippen molar-refractivity contribution in [2.24, 2.45) is 13.0 Å². The Hall–Kier alpha value is -2.26. The highest BCUT2D eigenvalue weighted by Crippen LogP contribution is 2.33. The van der Waals surface area contributed by atoms with Crippen LogP contribution in [0.1, 0.15) is 31.4 Å². The lowest BCUT2D eigenvalue weighted by Gasteiger charge is -2.31. The Morgan fingerprint density at radius 1 is 1.38 bits per heavy atom. The summed E-state index contributed by atoms with van der Waals surface area (Å²) in [5, 5.41) is 14.3. The quantitative estimate of drug-likeness (QED) is 0.875. The molecule has 1 aliphatic rings. The van der Waals surface area contributed by atoms with Crippen LogP contribution in [0.4, 0.5) is 23.7 Å². The van der Waals surface area contributed by atoms with Gasteiger partial charge in [0.15, 0.2) is 5.69 Å². The van der Waals surface area contributed by atoms with Gasteiger partial charge < -0.3 is 15.3 Å². The lowest BCUT2D eigenvalue weighted by molar-refractivity contribution is -0.141. The summed E-state index contributed by atoms with van der Waals surface area (Å²) in [6.45, 7) is 0.773. The third-order valence-corrected chi connectivity index (χ3v) is 4.01. The van der Waals surface area contributed by atoms with Gasteiger partial charge in [0.1, 0.15) is 0 Å². The summed E-state index contributed by atoms with van der Waals surface area (Å²) in [4.78, 5) is 24.1. The molecule has 2 heterocycles. The van der Waals surface area contributed by atoms with Gasteiger partial charge in [-0.25, -0.2) is 4.79 Å². The minimum atomic E-state index is -4.65. The zero-order chi connectivity index (χ0) is 17.9. The van der Waals surface area contributed by atoms with Gasteiger partial charge in [0.05, 0.1) is 5.69 Å². The number of amides is 2. The fourth-order valence-corrected chi connectivity index (χ4v) is 2.74. The Labute approximate surface area is 136 Å². The average Bonchev–Trinajstić information content (AvgIpc) is 2.86. The molecule has 0 aliphatic carbocycles. The number of carbonyl (C=O) groups is 2. The second-order valence-electron chi connectivity index (χ2n) is 5.86. The van der Waals surface area contributed by atoms with Crippen LogP contribution in [0.25, 0.3) is 0 Å². The minimum Gasteiger partial charge on any atom is -0.481 e. The molecule has 7 nitrogen and oxygen atoms in total. The van der Waals surface area contributed by atoms with Crippen molar-refractivity contribution in [2.75, 3.05) is 18.4 Å². The number of rotatable bonds is 4. The van der Waals surface area contributed by atoms with Crippen molar-refractivity contribution in [1.29, 1.82) is 0 Å². The number of hydrogen-bond acceptors (Lipinski definition) is 3. The Kier molecular flexibility index (Phi) is 5.35. The lowest BCUT2D eigenvalue weighted by Crippen LogP contribution is -2.41. The number of alkyl halides is 3. The molecule has 1 aliphatic heterocycles. The SMILES string of the molecule is Cn1cc(NC(=O)N2CCC(CCC(=O)O)CC2)c(C(F)(F)F)n1. The van der Waals surface area contributed by atoms with E-state index in [1.165, 1.54) is 11.9 Å². The Morgan fingerprint density at radius 2 is 2.00 bits per heavy atom. The highest BCUT2D eigenvalue weighted by molar-refractivity contribution is 5.90. The summed E-state index contributed by atoms with van der Waals surface area (Å²) >= 11 is 0. The first-order valence-corrected chi connectivity index (χ1v) is 7.55. The zero-order valence-corrected chi connectivity index (χ0v) is 13.1. The van der Waals surface area contributed by atoms with Crippen LogP contribution in [-0.4, -0.2) is 44.9 Å². The number of urea groups is 1. The molecule has 0 bridgehead atoms. The molecule has 0 radical (unpaired) electrons. The van der Waals surface area contributed by atoms with Crippen molar-refractivity contribution in [3.8, 4) is 0 Å². The zero-order valence-electron chi connectivity index (χ0n) is 13.1. The number of carboxylic acids is 1. The minimum absolute atomic E-state index is 0.0848. The summed E-state index contributed by atoms with van der Waals surface area (Å²) < 4.78 is 39.6. The average molecular weight is 348 g/mol. The van der Waals surface area contributed by atoms with Gasteiger partial charge in [-0.1, -0.05) is 0 Å². The van der Waals surface area contributed by atoms with E-state index in [0.717, 1.165) is 10.9 Å². The van der Waals surface area contributed by atoms with Crippen LogP contribution >= 0.6 is 0 Å². The molecule has 2 N–H and O–H groups in total. The molecule has 0 aromatic carbocycles. The smallest absolute Gasteiger partial charge is 0.437 e. The maximum Gasteiger partial charge on any atom is 0.437 e. The molecule has 24 heavy (non-hydrogen) atoms. The first-order valence-electron chi connectivity index (χ1n) is 7.55. The molecule has 0 unspecified atom stereocenters. The van der Waals surface area contributed by atoms with Gasteiger partial charge in [-0.15, -0.1) is 0 Å². The maximum absolute atomic E-state index is 12.9. The fraction of sp³-hybridized carbons (Fsp3) is 0.643. The van der Waals surface area contributed by atoms with E-state index in [1.54, 1.807) is 0 Å². The van der Waals surface area contributed by atoms with E-state index in [2.05, 4.69) is 10.4 Å². The molecule has 1 aromatic rings. The molecular formula is C14H19F3N4O3. The largest absolute Gasteiger partial charge is 0.481 e. The van der Waals surface area contributed by atoms with E-state index in [1.807, 2.05) is 0 Å². The summed E-state index contributed by atoms with van der Waals surface area (Å²) in [7, 11) is 1.35. The van der Waals surface area contributed by atoms with Crippen LogP contribution in [-0.2, 0) is 18.0 Å². The van der Waals surface area contributed by atoms with E-state index in [-0.39, 0.29) is 18.0 Å². The number of hydrogen-bond donors (Lipinski definition) is 2. The monoisotopic (exact) mass is 348 g/mol. The van der Waals surface area contributed by atoms with Crippen molar-refractivity contribution < 1.29 is 27.9 Å². The fourth-order valence-electron chi connectivity index (χ4n) is 2.74. The van der Waals surface area contributed by atoms with Gasteiger partial charge in [0.25, 0.3) is 0 Å². The van der Waals surface area contributed by atoms with Crippen molar-refractivity contribution in [2.45, 2.75) is 31.9 Å². The number of carboxylic acid groups (broad SMARTS) is 1. The van der Waals surface area contributed by atoms with E-state index in [4.69, 9.17) is 5.11 Å². The normalized spacial score (nSPS) is 16.2. The van der Waals surface area contributed by atoms with E-state index >= 15 is 0 Å². The molecule has 0 saturated carbocycles. The first-order chi connectivity index (χ1) is 11.2. The van der Waals surface area contributed by atoms with Gasteiger partial charge >= 0.3 is 18.2 Å². The number of piperidine rings is 1. The van der Waals surface area contributed by atoms with Crippen molar-refractivity contribution in [1.82, 2.24) is 14.7 Å². The summed E-state index contributed by atoms with van der Waals surface area (Å²) in [5.74, 6) is -0.638. The second kappa shape index (κ2) is 7.10. The van der Waals surface area contributed by atoms with Crippen LogP contribution in [0, 0.1) is 5.92 Å². The third-order valence-electron chi connectivity index (χ3n) is 4.01. The number of carbonyl (C=O) groups excluding carboxylic acids is 1. The number of aliphatic carboxylic acids is 1. The van der Waals surface area contributed by atoms with Crippen LogP contribution in [0.15, 0.2) is 6.20 Å². The summed E-state index contributed by atoms with van der Waals surface area (Å²) in [6, 6.07) is -0.606. The van der Waals surface area contributed by atoms with Gasteiger partial charge in [0, 0.05) is 32.8 Å². The third kappa shape index (κ3) is 4.62. The van der Waals surface area contributed by atoms with Crippen LogP contribution in [0.3, 0.4) is 0 Å².